The molecule has 43 heavy (non-hydrogen) atoms. The fourth-order valence-electron chi connectivity index (χ4n) is 5.59. The van der Waals surface area contributed by atoms with Crippen molar-refractivity contribution >= 4 is 16.7 Å². The number of fused-ring (bicyclic) bond motifs is 1. The lowest BCUT2D eigenvalue weighted by atomic mass is 10.0. The number of aliphatic hydroxyl groups is 1. The molecule has 1 aliphatic rings. The summed E-state index contributed by atoms with van der Waals surface area (Å²) in [4.78, 5) is 29.2. The highest BCUT2D eigenvalue weighted by Crippen LogP contribution is 2.41. The molecule has 2 aromatic carbocycles. The summed E-state index contributed by atoms with van der Waals surface area (Å²) in [7, 11) is 0. The quantitative estimate of drug-likeness (QED) is 0.239. The van der Waals surface area contributed by atoms with Gasteiger partial charge in [-0.1, -0.05) is 32.0 Å². The zero-order chi connectivity index (χ0) is 30.1. The second-order valence-corrected chi connectivity index (χ2v) is 10.9. The van der Waals surface area contributed by atoms with Gasteiger partial charge < -0.3 is 15.7 Å². The average Bonchev–Trinajstić information content (AvgIpc) is 3.76. The van der Waals surface area contributed by atoms with Gasteiger partial charge in [-0.15, -0.1) is 0 Å². The number of benzene rings is 2. The Hall–Kier alpha value is -4.48. The van der Waals surface area contributed by atoms with Crippen LogP contribution in [0.3, 0.4) is 0 Å². The number of nitrogens with two attached hydrogens (primary N) is 1. The number of nitrogen functional groups attached to an aromatic ring is 1. The Morgan fingerprint density at radius 2 is 1.93 bits per heavy atom. The van der Waals surface area contributed by atoms with E-state index in [1.54, 1.807) is 36.7 Å². The summed E-state index contributed by atoms with van der Waals surface area (Å²) in [6.45, 7) is 7.54. The van der Waals surface area contributed by atoms with E-state index in [0.29, 0.717) is 40.4 Å². The highest BCUT2D eigenvalue weighted by molar-refractivity contribution is 5.83. The van der Waals surface area contributed by atoms with Crippen molar-refractivity contribution in [3.8, 4) is 17.1 Å². The predicted molar refractivity (Wildman–Crippen MR) is 163 cm³/mol. The highest BCUT2D eigenvalue weighted by Gasteiger charge is 2.25. The van der Waals surface area contributed by atoms with Crippen molar-refractivity contribution in [1.82, 2.24) is 34.2 Å². The smallest absolute Gasteiger partial charge is 0.265 e. The van der Waals surface area contributed by atoms with Crippen LogP contribution >= 0.6 is 0 Å². The van der Waals surface area contributed by atoms with Gasteiger partial charge in [0, 0.05) is 36.5 Å². The van der Waals surface area contributed by atoms with Crippen molar-refractivity contribution in [1.29, 1.82) is 0 Å². The van der Waals surface area contributed by atoms with E-state index < -0.39 is 18.0 Å². The van der Waals surface area contributed by atoms with E-state index in [0.717, 1.165) is 50.1 Å². The van der Waals surface area contributed by atoms with Crippen molar-refractivity contribution in [2.45, 2.75) is 52.2 Å². The van der Waals surface area contributed by atoms with E-state index in [9.17, 15) is 9.90 Å². The molecule has 3 N–H and O–H groups in total. The molecule has 222 valence electrons. The lowest BCUT2D eigenvalue weighted by Gasteiger charge is -2.17. The van der Waals surface area contributed by atoms with Crippen LogP contribution in [0.5, 0.6) is 0 Å². The first-order valence-electron chi connectivity index (χ1n) is 14.7. The first-order chi connectivity index (χ1) is 20.9. The maximum absolute atomic E-state index is 15.2. The Balaban J connectivity index is 1.32. The van der Waals surface area contributed by atoms with Gasteiger partial charge >= 0.3 is 0 Å². The van der Waals surface area contributed by atoms with Crippen LogP contribution in [0.15, 0.2) is 59.8 Å². The molecule has 0 aliphatic heterocycles. The first-order valence-corrected chi connectivity index (χ1v) is 14.7. The van der Waals surface area contributed by atoms with E-state index in [4.69, 9.17) is 5.73 Å². The van der Waals surface area contributed by atoms with Gasteiger partial charge in [-0.3, -0.25) is 14.0 Å². The summed E-state index contributed by atoms with van der Waals surface area (Å²) in [5.74, 6) is 0.602. The van der Waals surface area contributed by atoms with Crippen LogP contribution < -0.4 is 11.3 Å². The van der Waals surface area contributed by atoms with Crippen LogP contribution in [-0.4, -0.2) is 58.9 Å². The van der Waals surface area contributed by atoms with Crippen molar-refractivity contribution < 1.29 is 9.50 Å². The van der Waals surface area contributed by atoms with Gasteiger partial charge in [0.2, 0.25) is 5.95 Å². The third kappa shape index (κ3) is 5.91. The van der Waals surface area contributed by atoms with Gasteiger partial charge in [0.15, 0.2) is 5.82 Å². The van der Waals surface area contributed by atoms with Crippen molar-refractivity contribution in [2.75, 3.05) is 25.4 Å². The van der Waals surface area contributed by atoms with Crippen LogP contribution in [0.1, 0.15) is 55.1 Å². The van der Waals surface area contributed by atoms with Crippen LogP contribution in [0, 0.1) is 5.82 Å². The monoisotopic (exact) mass is 582 g/mol. The van der Waals surface area contributed by atoms with Gasteiger partial charge in [-0.05, 0) is 66.6 Å². The molecule has 0 amide bonds. The number of likely N-dealkylation sites (N-methyl/N-ethyl adjacent to an activating group) is 1. The summed E-state index contributed by atoms with van der Waals surface area (Å²) >= 11 is 0. The van der Waals surface area contributed by atoms with Crippen molar-refractivity contribution in [3.05, 3.63) is 93.7 Å². The van der Waals surface area contributed by atoms with E-state index in [2.05, 4.69) is 38.8 Å². The summed E-state index contributed by atoms with van der Waals surface area (Å²) in [5.41, 5.74) is 8.79. The summed E-state index contributed by atoms with van der Waals surface area (Å²) < 4.78 is 18.4. The summed E-state index contributed by atoms with van der Waals surface area (Å²) in [6, 6.07) is 10.3. The van der Waals surface area contributed by atoms with E-state index >= 15 is 4.39 Å². The molecule has 6 rings (SSSR count). The summed E-state index contributed by atoms with van der Waals surface area (Å²) in [6.07, 6.45) is 7.86. The molecule has 0 radical (unpaired) electrons. The predicted octanol–water partition coefficient (Wildman–Crippen LogP) is 4.06. The topological polar surface area (TPSA) is 128 Å². The number of halogens is 1. The number of rotatable bonds is 11. The molecule has 1 fully saturated rings. The Labute approximate surface area is 248 Å². The second-order valence-electron chi connectivity index (χ2n) is 10.9. The normalized spacial score (nSPS) is 13.3. The maximum atomic E-state index is 15.2. The zero-order valence-electron chi connectivity index (χ0n) is 24.4. The molecule has 10 nitrogen and oxygen atoms in total. The Bertz CT molecular complexity index is 1840. The lowest BCUT2D eigenvalue weighted by molar-refractivity contribution is 0.282. The zero-order valence-corrected chi connectivity index (χ0v) is 24.4. The van der Waals surface area contributed by atoms with Crippen LogP contribution in [0.4, 0.5) is 10.3 Å². The number of hydrogen-bond acceptors (Lipinski definition) is 8. The number of hydrogen-bond donors (Lipinski definition) is 2. The number of nitrogens with zero attached hydrogens (tertiary/aromatic N) is 7. The van der Waals surface area contributed by atoms with Crippen LogP contribution in [-0.2, 0) is 19.6 Å². The molecule has 5 aromatic rings. The standard InChI is InChI=1S/C32H35FN8O2/c1-3-39(4-2)12-13-40-18-20(17-35-40)14-28-36-30(38-32(34)37-28)24-6-5-7-27(25(24)19-42)41-11-10-22-15-23(21-8-9-21)16-26(33)29(22)31(41)43/h5-7,10-11,15-18,21,42H,3-4,8-9,12-14,19H2,1-2H3,(H2,34,36,37,38). The molecule has 11 heteroatoms. The molecule has 0 spiro atoms. The Morgan fingerprint density at radius 3 is 2.67 bits per heavy atom. The first kappa shape index (κ1) is 28.6. The molecule has 1 saturated carbocycles. The fourth-order valence-corrected chi connectivity index (χ4v) is 5.59. The molecular weight excluding hydrogens is 547 g/mol. The molecule has 0 saturated heterocycles. The SMILES string of the molecule is CCN(CC)CCn1cc(Cc2nc(N)nc(-c3cccc(-n4ccc5cc(C6CC6)cc(F)c5c4=O)c3CO)n2)cn1. The van der Waals surface area contributed by atoms with Gasteiger partial charge in [0.05, 0.1) is 30.4 Å². The number of pyridine rings is 1. The minimum atomic E-state index is -0.535. The highest BCUT2D eigenvalue weighted by atomic mass is 19.1. The third-order valence-electron chi connectivity index (χ3n) is 8.13. The molecule has 1 aliphatic carbocycles. The molecular formula is C32H35FN8O2. The van der Waals surface area contributed by atoms with Crippen molar-refractivity contribution in [3.63, 3.8) is 0 Å². The maximum Gasteiger partial charge on any atom is 0.265 e. The van der Waals surface area contributed by atoms with Crippen molar-refractivity contribution in [2.24, 2.45) is 0 Å². The number of aromatic nitrogens is 6. The largest absolute Gasteiger partial charge is 0.392 e. The van der Waals surface area contributed by atoms with Crippen LogP contribution in [0.25, 0.3) is 27.8 Å². The van der Waals surface area contributed by atoms with E-state index in [1.807, 2.05) is 16.9 Å². The Morgan fingerprint density at radius 1 is 1.12 bits per heavy atom. The molecule has 3 heterocycles. The van der Waals surface area contributed by atoms with Gasteiger partial charge in [-0.2, -0.15) is 15.1 Å². The van der Waals surface area contributed by atoms with E-state index in [-0.39, 0.29) is 17.2 Å². The molecule has 0 unspecified atom stereocenters. The number of aliphatic hydroxyl groups excluding tert-OH is 1. The second kappa shape index (κ2) is 12.0. The van der Waals surface area contributed by atoms with E-state index in [1.165, 1.54) is 10.6 Å². The molecule has 3 aromatic heterocycles. The van der Waals surface area contributed by atoms with Gasteiger partial charge in [-0.25, -0.2) is 9.37 Å². The third-order valence-corrected chi connectivity index (χ3v) is 8.13. The fraction of sp³-hybridized carbons (Fsp3) is 0.344. The molecule has 0 bridgehead atoms. The molecule has 0 atom stereocenters. The minimum Gasteiger partial charge on any atom is -0.392 e. The average molecular weight is 583 g/mol. The lowest BCUT2D eigenvalue weighted by Crippen LogP contribution is -2.27. The van der Waals surface area contributed by atoms with Crippen LogP contribution in [0.2, 0.25) is 0 Å². The minimum absolute atomic E-state index is 0.0190. The van der Waals surface area contributed by atoms with Gasteiger partial charge in [0.25, 0.3) is 5.56 Å². The Kier molecular flexibility index (Phi) is 8.00. The summed E-state index contributed by atoms with van der Waals surface area (Å²) in [5, 5.41) is 15.5. The van der Waals surface area contributed by atoms with Gasteiger partial charge in [0.1, 0.15) is 11.6 Å². The number of anilines is 1.